The summed E-state index contributed by atoms with van der Waals surface area (Å²) in [6.45, 7) is 3.66. The fraction of sp³-hybridized carbons (Fsp3) is 0.231. The van der Waals surface area contributed by atoms with E-state index < -0.39 is 5.97 Å². The van der Waals surface area contributed by atoms with Gasteiger partial charge in [-0.3, -0.25) is 4.79 Å². The van der Waals surface area contributed by atoms with Gasteiger partial charge in [-0.15, -0.1) is 0 Å². The lowest BCUT2D eigenvalue weighted by Gasteiger charge is -2.06. The highest BCUT2D eigenvalue weighted by Gasteiger charge is 2.09. The number of esters is 1. The van der Waals surface area contributed by atoms with Crippen molar-refractivity contribution in [1.82, 2.24) is 5.32 Å². The summed E-state index contributed by atoms with van der Waals surface area (Å²) in [4.78, 5) is 23.1. The van der Waals surface area contributed by atoms with Gasteiger partial charge >= 0.3 is 5.97 Å². The predicted molar refractivity (Wildman–Crippen MR) is 72.0 cm³/mol. The average molecular weight is 312 g/mol. The molecule has 5 heteroatoms. The van der Waals surface area contributed by atoms with Crippen LogP contribution in [-0.2, 0) is 9.53 Å². The van der Waals surface area contributed by atoms with E-state index in [9.17, 15) is 9.59 Å². The van der Waals surface area contributed by atoms with Gasteiger partial charge in [0.05, 0.1) is 12.2 Å². The molecular weight excluding hydrogens is 298 g/mol. The first-order valence-electron chi connectivity index (χ1n) is 5.45. The van der Waals surface area contributed by atoms with Crippen LogP contribution in [0, 0.1) is 0 Å². The third kappa shape index (κ3) is 4.33. The molecule has 0 aliphatic rings. The summed E-state index contributed by atoms with van der Waals surface area (Å²) in [5.41, 5.74) is 0.948. The zero-order chi connectivity index (χ0) is 13.5. The van der Waals surface area contributed by atoms with Crippen LogP contribution >= 0.6 is 15.9 Å². The van der Waals surface area contributed by atoms with Crippen LogP contribution in [0.4, 0.5) is 0 Å². The number of ether oxygens (including phenoxy) is 1. The molecule has 0 aliphatic carbocycles. The van der Waals surface area contributed by atoms with Crippen molar-refractivity contribution in [3.8, 4) is 0 Å². The summed E-state index contributed by atoms with van der Waals surface area (Å²) in [7, 11) is 0. The fourth-order valence-corrected chi connectivity index (χ4v) is 1.75. The first kappa shape index (κ1) is 14.4. The first-order valence-corrected chi connectivity index (χ1v) is 6.24. The second-order valence-electron chi connectivity index (χ2n) is 3.51. The molecule has 0 heterocycles. The lowest BCUT2D eigenvalue weighted by atomic mass is 10.2. The van der Waals surface area contributed by atoms with Crippen LogP contribution in [-0.4, -0.2) is 18.5 Å². The number of hydrogen-bond donors (Lipinski definition) is 1. The van der Waals surface area contributed by atoms with Crippen LogP contribution in [0.15, 0.2) is 40.5 Å². The standard InChI is InChI=1S/C13H14BrNO3/c1-3-18-12(16)8-9(2)15-13(17)10-6-4-5-7-11(10)14/h4-8H,3H2,1-2H3,(H,15,17). The Balaban J connectivity index is 2.71. The van der Waals surface area contributed by atoms with Crippen molar-refractivity contribution in [2.24, 2.45) is 0 Å². The molecule has 0 aromatic heterocycles. The number of rotatable bonds is 4. The van der Waals surface area contributed by atoms with Gasteiger partial charge < -0.3 is 10.1 Å². The van der Waals surface area contributed by atoms with Gasteiger partial charge in [0.2, 0.25) is 0 Å². The molecule has 0 saturated carbocycles. The molecule has 0 spiro atoms. The van der Waals surface area contributed by atoms with E-state index in [0.29, 0.717) is 22.3 Å². The third-order valence-corrected chi connectivity index (χ3v) is 2.74. The Morgan fingerprint density at radius 3 is 2.67 bits per heavy atom. The molecule has 1 aromatic carbocycles. The van der Waals surface area contributed by atoms with Crippen LogP contribution in [0.2, 0.25) is 0 Å². The van der Waals surface area contributed by atoms with Gasteiger partial charge in [-0.05, 0) is 41.9 Å². The van der Waals surface area contributed by atoms with Crippen LogP contribution in [0.5, 0.6) is 0 Å². The van der Waals surface area contributed by atoms with Crippen molar-refractivity contribution in [2.75, 3.05) is 6.61 Å². The van der Waals surface area contributed by atoms with Gasteiger partial charge in [-0.25, -0.2) is 4.79 Å². The molecule has 0 fully saturated rings. The smallest absolute Gasteiger partial charge is 0.332 e. The topological polar surface area (TPSA) is 55.4 Å². The minimum Gasteiger partial charge on any atom is -0.463 e. The maximum Gasteiger partial charge on any atom is 0.332 e. The molecule has 0 radical (unpaired) electrons. The van der Waals surface area contributed by atoms with E-state index in [1.807, 2.05) is 6.07 Å². The molecule has 0 bridgehead atoms. The van der Waals surface area contributed by atoms with Gasteiger partial charge in [0, 0.05) is 16.2 Å². The maximum atomic E-state index is 11.9. The van der Waals surface area contributed by atoms with E-state index in [0.717, 1.165) is 0 Å². The Labute approximate surface area is 114 Å². The summed E-state index contributed by atoms with van der Waals surface area (Å²) < 4.78 is 5.45. The second-order valence-corrected chi connectivity index (χ2v) is 4.37. The Morgan fingerprint density at radius 2 is 2.06 bits per heavy atom. The molecule has 4 nitrogen and oxygen atoms in total. The SMILES string of the molecule is CCOC(=O)C=C(C)NC(=O)c1ccccc1Br. The predicted octanol–water partition coefficient (Wildman–Crippen LogP) is 2.65. The second kappa shape index (κ2) is 6.96. The third-order valence-electron chi connectivity index (χ3n) is 2.05. The fourth-order valence-electron chi connectivity index (χ4n) is 1.29. The molecule has 1 aromatic rings. The van der Waals surface area contributed by atoms with E-state index in [-0.39, 0.29) is 5.91 Å². The molecule has 1 rings (SSSR count). The van der Waals surface area contributed by atoms with E-state index in [2.05, 4.69) is 21.2 Å². The number of carbonyl (C=O) groups excluding carboxylic acids is 2. The number of allylic oxidation sites excluding steroid dienone is 1. The Bertz CT molecular complexity index is 483. The van der Waals surface area contributed by atoms with Crippen LogP contribution in [0.25, 0.3) is 0 Å². The van der Waals surface area contributed by atoms with Crippen molar-refractivity contribution < 1.29 is 14.3 Å². The molecule has 0 saturated heterocycles. The summed E-state index contributed by atoms with van der Waals surface area (Å²) in [5.74, 6) is -0.747. The molecule has 0 atom stereocenters. The highest BCUT2D eigenvalue weighted by atomic mass is 79.9. The van der Waals surface area contributed by atoms with Crippen molar-refractivity contribution >= 4 is 27.8 Å². The monoisotopic (exact) mass is 311 g/mol. The molecule has 0 unspecified atom stereocenters. The number of carbonyl (C=O) groups is 2. The molecular formula is C13H14BrNO3. The Hall–Kier alpha value is -1.62. The van der Waals surface area contributed by atoms with Crippen LogP contribution < -0.4 is 5.32 Å². The van der Waals surface area contributed by atoms with Gasteiger partial charge in [0.15, 0.2) is 0 Å². The molecule has 1 N–H and O–H groups in total. The number of nitrogens with one attached hydrogen (secondary N) is 1. The first-order chi connectivity index (χ1) is 8.54. The highest BCUT2D eigenvalue weighted by molar-refractivity contribution is 9.10. The van der Waals surface area contributed by atoms with Gasteiger partial charge in [0.1, 0.15) is 0 Å². The molecule has 18 heavy (non-hydrogen) atoms. The van der Waals surface area contributed by atoms with Crippen molar-refractivity contribution in [3.05, 3.63) is 46.1 Å². The minimum absolute atomic E-state index is 0.277. The van der Waals surface area contributed by atoms with Gasteiger partial charge in [-0.2, -0.15) is 0 Å². The lowest BCUT2D eigenvalue weighted by molar-refractivity contribution is -0.137. The average Bonchev–Trinajstić information content (AvgIpc) is 2.29. The van der Waals surface area contributed by atoms with E-state index in [1.165, 1.54) is 6.08 Å². The van der Waals surface area contributed by atoms with Crippen molar-refractivity contribution in [3.63, 3.8) is 0 Å². The zero-order valence-corrected chi connectivity index (χ0v) is 11.8. The summed E-state index contributed by atoms with van der Waals surface area (Å²) in [6, 6.07) is 7.06. The quantitative estimate of drug-likeness (QED) is 0.687. The van der Waals surface area contributed by atoms with Crippen molar-refractivity contribution in [2.45, 2.75) is 13.8 Å². The normalized spacial score (nSPS) is 10.9. The largest absolute Gasteiger partial charge is 0.463 e. The summed E-state index contributed by atoms with van der Waals surface area (Å²) in [6.07, 6.45) is 1.25. The van der Waals surface area contributed by atoms with E-state index in [1.54, 1.807) is 32.0 Å². The minimum atomic E-state index is -0.470. The number of hydrogen-bond acceptors (Lipinski definition) is 3. The van der Waals surface area contributed by atoms with Crippen LogP contribution in [0.1, 0.15) is 24.2 Å². The van der Waals surface area contributed by atoms with Gasteiger partial charge in [0.25, 0.3) is 5.91 Å². The lowest BCUT2D eigenvalue weighted by Crippen LogP contribution is -2.22. The Kier molecular flexibility index (Phi) is 5.58. The summed E-state index contributed by atoms with van der Waals surface area (Å²) >= 11 is 3.29. The van der Waals surface area contributed by atoms with Gasteiger partial charge in [-0.1, -0.05) is 12.1 Å². The van der Waals surface area contributed by atoms with E-state index >= 15 is 0 Å². The molecule has 96 valence electrons. The summed E-state index contributed by atoms with van der Waals surface area (Å²) in [5, 5.41) is 2.62. The van der Waals surface area contributed by atoms with Crippen LogP contribution in [0.3, 0.4) is 0 Å². The number of amides is 1. The van der Waals surface area contributed by atoms with E-state index in [4.69, 9.17) is 4.74 Å². The zero-order valence-electron chi connectivity index (χ0n) is 10.2. The number of benzene rings is 1. The molecule has 0 aliphatic heterocycles. The number of halogens is 1. The Morgan fingerprint density at radius 1 is 1.39 bits per heavy atom. The van der Waals surface area contributed by atoms with Crippen molar-refractivity contribution in [1.29, 1.82) is 0 Å². The molecule has 1 amide bonds. The highest BCUT2D eigenvalue weighted by Crippen LogP contribution is 2.15. The maximum absolute atomic E-state index is 11.9.